The number of anilines is 2. The number of amides is 1. The summed E-state index contributed by atoms with van der Waals surface area (Å²) in [5.74, 6) is -0.477. The summed E-state index contributed by atoms with van der Waals surface area (Å²) in [4.78, 5) is 14.1. The number of halogens is 1. The molecule has 0 unspecified atom stereocenters. The molecule has 1 heterocycles. The van der Waals surface area contributed by atoms with Crippen molar-refractivity contribution in [2.45, 2.75) is 30.6 Å². The normalized spacial score (nSPS) is 16.4. The Labute approximate surface area is 163 Å². The molecule has 0 saturated heterocycles. The van der Waals surface area contributed by atoms with E-state index in [9.17, 15) is 17.6 Å². The van der Waals surface area contributed by atoms with E-state index >= 15 is 0 Å². The molecule has 1 saturated carbocycles. The van der Waals surface area contributed by atoms with E-state index in [1.54, 1.807) is 18.2 Å². The van der Waals surface area contributed by atoms with Crippen LogP contribution >= 0.6 is 0 Å². The number of hydrogen-bond donors (Lipinski definition) is 1. The van der Waals surface area contributed by atoms with Crippen molar-refractivity contribution in [1.82, 2.24) is 0 Å². The summed E-state index contributed by atoms with van der Waals surface area (Å²) < 4.78 is 46.4. The first-order chi connectivity index (χ1) is 13.4. The van der Waals surface area contributed by atoms with Crippen LogP contribution in [-0.2, 0) is 21.2 Å². The molecule has 4 rings (SSSR count). The number of rotatable bonds is 5. The second-order valence-corrected chi connectivity index (χ2v) is 8.80. The van der Waals surface area contributed by atoms with Crippen molar-refractivity contribution >= 4 is 27.3 Å². The third-order valence-electron chi connectivity index (χ3n) is 5.08. The number of carbonyl (C=O) groups excluding carboxylic acids is 1. The summed E-state index contributed by atoms with van der Waals surface area (Å²) in [5.41, 5.74) is 2.17. The maximum absolute atomic E-state index is 13.9. The van der Waals surface area contributed by atoms with Gasteiger partial charge in [0, 0.05) is 23.8 Å². The van der Waals surface area contributed by atoms with Gasteiger partial charge in [-0.2, -0.15) is 0 Å². The molecule has 0 spiro atoms. The maximum atomic E-state index is 13.9. The molecular weight excluding hydrogens is 383 g/mol. The lowest BCUT2D eigenvalue weighted by atomic mass is 10.0. The van der Waals surface area contributed by atoms with Crippen LogP contribution in [-0.4, -0.2) is 28.0 Å². The van der Waals surface area contributed by atoms with E-state index < -0.39 is 15.8 Å². The Hall–Kier alpha value is -2.61. The van der Waals surface area contributed by atoms with Crippen LogP contribution in [0.3, 0.4) is 0 Å². The van der Waals surface area contributed by atoms with Gasteiger partial charge in [-0.15, -0.1) is 0 Å². The molecule has 28 heavy (non-hydrogen) atoms. The number of nitrogens with zero attached hydrogens (tertiary/aromatic N) is 1. The number of sulfonamides is 1. The fourth-order valence-corrected chi connectivity index (χ4v) is 4.53. The van der Waals surface area contributed by atoms with Crippen molar-refractivity contribution in [3.8, 4) is 5.75 Å². The zero-order chi connectivity index (χ0) is 19.9. The Balaban J connectivity index is 1.58. The largest absolute Gasteiger partial charge is 0.494 e. The van der Waals surface area contributed by atoms with Crippen LogP contribution in [0.25, 0.3) is 0 Å². The van der Waals surface area contributed by atoms with E-state index in [1.807, 2.05) is 4.90 Å². The zero-order valence-corrected chi connectivity index (χ0v) is 16.3. The topological polar surface area (TPSA) is 75.7 Å². The van der Waals surface area contributed by atoms with E-state index in [4.69, 9.17) is 4.74 Å². The molecule has 6 nitrogen and oxygen atoms in total. The Morgan fingerprint density at radius 2 is 2.00 bits per heavy atom. The highest BCUT2D eigenvalue weighted by Crippen LogP contribution is 2.37. The predicted molar refractivity (Wildman–Crippen MR) is 104 cm³/mol. The Morgan fingerprint density at radius 1 is 1.21 bits per heavy atom. The van der Waals surface area contributed by atoms with Crippen LogP contribution in [0, 0.1) is 11.7 Å². The minimum absolute atomic E-state index is 0.0202. The number of ether oxygens (including phenoxy) is 1. The molecule has 1 N–H and O–H groups in total. The minimum Gasteiger partial charge on any atom is -0.494 e. The molecule has 1 aliphatic carbocycles. The molecule has 0 bridgehead atoms. The monoisotopic (exact) mass is 404 g/mol. The molecule has 2 aliphatic rings. The van der Waals surface area contributed by atoms with E-state index in [1.165, 1.54) is 19.2 Å². The Kier molecular flexibility index (Phi) is 4.74. The molecule has 0 aromatic heterocycles. The van der Waals surface area contributed by atoms with Gasteiger partial charge in [0.15, 0.2) is 11.6 Å². The van der Waals surface area contributed by atoms with E-state index in [2.05, 4.69) is 4.72 Å². The quantitative estimate of drug-likeness (QED) is 0.830. The summed E-state index contributed by atoms with van der Waals surface area (Å²) in [6, 6.07) is 8.65. The first-order valence-electron chi connectivity index (χ1n) is 9.20. The van der Waals surface area contributed by atoms with Gasteiger partial charge < -0.3 is 9.64 Å². The van der Waals surface area contributed by atoms with Crippen molar-refractivity contribution in [2.24, 2.45) is 5.92 Å². The molecule has 1 amide bonds. The average Bonchev–Trinajstić information content (AvgIpc) is 3.51. The lowest BCUT2D eigenvalue weighted by Gasteiger charge is -2.30. The van der Waals surface area contributed by atoms with E-state index in [-0.39, 0.29) is 22.5 Å². The van der Waals surface area contributed by atoms with Crippen molar-refractivity contribution in [3.63, 3.8) is 0 Å². The number of fused-ring (bicyclic) bond motifs is 1. The van der Waals surface area contributed by atoms with Crippen LogP contribution in [0.2, 0.25) is 0 Å². The summed E-state index contributed by atoms with van der Waals surface area (Å²) in [6.45, 7) is 0.693. The second-order valence-electron chi connectivity index (χ2n) is 7.11. The number of carbonyl (C=O) groups is 1. The molecular formula is C20H21FN2O4S. The average molecular weight is 404 g/mol. The molecule has 148 valence electrons. The van der Waals surface area contributed by atoms with Crippen LogP contribution in [0.15, 0.2) is 41.3 Å². The van der Waals surface area contributed by atoms with Gasteiger partial charge in [0.05, 0.1) is 12.0 Å². The molecule has 8 heteroatoms. The summed E-state index contributed by atoms with van der Waals surface area (Å²) in [5, 5.41) is 0. The van der Waals surface area contributed by atoms with Gasteiger partial charge in [0.1, 0.15) is 0 Å². The highest BCUT2D eigenvalue weighted by atomic mass is 32.2. The summed E-state index contributed by atoms with van der Waals surface area (Å²) >= 11 is 0. The molecule has 1 fully saturated rings. The summed E-state index contributed by atoms with van der Waals surface area (Å²) in [7, 11) is -2.63. The lowest BCUT2D eigenvalue weighted by Crippen LogP contribution is -2.36. The number of benzene rings is 2. The fourth-order valence-electron chi connectivity index (χ4n) is 3.47. The number of methoxy groups -OCH3 is 1. The van der Waals surface area contributed by atoms with Gasteiger partial charge in [0.2, 0.25) is 5.91 Å². The van der Waals surface area contributed by atoms with Crippen molar-refractivity contribution < 1.29 is 22.3 Å². The number of nitrogens with one attached hydrogen (secondary N) is 1. The molecule has 1 aliphatic heterocycles. The SMILES string of the molecule is COc1ccc(S(=O)(=O)Nc2ccc3c(c2)CCCN3C(=O)C2CC2)cc1F. The smallest absolute Gasteiger partial charge is 0.262 e. The minimum atomic E-state index is -3.95. The van der Waals surface area contributed by atoms with Gasteiger partial charge >= 0.3 is 0 Å². The van der Waals surface area contributed by atoms with Crippen LogP contribution in [0.5, 0.6) is 5.75 Å². The highest BCUT2D eigenvalue weighted by molar-refractivity contribution is 7.92. The first-order valence-corrected chi connectivity index (χ1v) is 10.7. The molecule has 0 radical (unpaired) electrons. The lowest BCUT2D eigenvalue weighted by molar-refractivity contribution is -0.119. The van der Waals surface area contributed by atoms with Crippen LogP contribution in [0.1, 0.15) is 24.8 Å². The number of hydrogen-bond acceptors (Lipinski definition) is 4. The van der Waals surface area contributed by atoms with Gasteiger partial charge in [-0.1, -0.05) is 0 Å². The fraction of sp³-hybridized carbons (Fsp3) is 0.350. The number of aryl methyl sites for hydroxylation is 1. The molecule has 2 aromatic carbocycles. The van der Waals surface area contributed by atoms with E-state index in [0.717, 1.165) is 43.0 Å². The predicted octanol–water partition coefficient (Wildman–Crippen LogP) is 3.32. The van der Waals surface area contributed by atoms with Gasteiger partial charge in [-0.25, -0.2) is 12.8 Å². The second kappa shape index (κ2) is 7.09. The van der Waals surface area contributed by atoms with Crippen LogP contribution < -0.4 is 14.4 Å². The van der Waals surface area contributed by atoms with Crippen molar-refractivity contribution in [3.05, 3.63) is 47.8 Å². The maximum Gasteiger partial charge on any atom is 0.262 e. The third kappa shape index (κ3) is 3.56. The van der Waals surface area contributed by atoms with E-state index in [0.29, 0.717) is 12.2 Å². The molecule has 0 atom stereocenters. The van der Waals surface area contributed by atoms with Gasteiger partial charge in [0.25, 0.3) is 10.0 Å². The van der Waals surface area contributed by atoms with Crippen molar-refractivity contribution in [1.29, 1.82) is 0 Å². The summed E-state index contributed by atoms with van der Waals surface area (Å²) in [6.07, 6.45) is 3.50. The molecule has 2 aromatic rings. The Bertz CT molecular complexity index is 1030. The standard InChI is InChI=1S/C20H21FN2O4S/c1-27-19-9-7-16(12-17(19)21)28(25,26)22-15-6-8-18-14(11-15)3-2-10-23(18)20(24)13-4-5-13/h6-9,11-13,22H,2-5,10H2,1H3. The Morgan fingerprint density at radius 3 is 2.68 bits per heavy atom. The van der Waals surface area contributed by atoms with Crippen molar-refractivity contribution in [2.75, 3.05) is 23.3 Å². The highest BCUT2D eigenvalue weighted by Gasteiger charge is 2.35. The van der Waals surface area contributed by atoms with Gasteiger partial charge in [-0.05, 0) is 67.6 Å². The third-order valence-corrected chi connectivity index (χ3v) is 6.46. The first kappa shape index (κ1) is 18.7. The zero-order valence-electron chi connectivity index (χ0n) is 15.4. The van der Waals surface area contributed by atoms with Gasteiger partial charge in [-0.3, -0.25) is 9.52 Å². The van der Waals surface area contributed by atoms with Crippen LogP contribution in [0.4, 0.5) is 15.8 Å².